The molecule has 0 aromatic carbocycles. The number of rotatable bonds is 5. The minimum Gasteiger partial charge on any atom is -0.381 e. The Morgan fingerprint density at radius 2 is 1.83 bits per heavy atom. The first-order valence-electron chi connectivity index (χ1n) is 10.2. The topological polar surface area (TPSA) is 36.9 Å². The molecule has 1 saturated heterocycles. The molecule has 0 spiro atoms. The molecule has 136 valence electrons. The Morgan fingerprint density at radius 1 is 1.17 bits per heavy atom. The zero-order valence-corrected chi connectivity index (χ0v) is 15.6. The molecule has 0 radical (unpaired) electrons. The molecule has 4 saturated carbocycles. The highest BCUT2D eigenvalue weighted by atomic mass is 16.5. The summed E-state index contributed by atoms with van der Waals surface area (Å²) >= 11 is 0. The minimum atomic E-state index is 0.664. The van der Waals surface area contributed by atoms with Crippen LogP contribution in [0.2, 0.25) is 0 Å². The molecule has 1 heterocycles. The van der Waals surface area contributed by atoms with Crippen LogP contribution in [0.25, 0.3) is 0 Å². The molecule has 5 aliphatic rings. The maximum atomic E-state index is 5.50. The van der Waals surface area contributed by atoms with E-state index in [0.29, 0.717) is 11.3 Å². The minimum absolute atomic E-state index is 0.664. The van der Waals surface area contributed by atoms with Crippen LogP contribution in [0.15, 0.2) is 4.99 Å². The highest BCUT2D eigenvalue weighted by Crippen LogP contribution is 2.61. The van der Waals surface area contributed by atoms with Gasteiger partial charge in [0.15, 0.2) is 5.96 Å². The van der Waals surface area contributed by atoms with Gasteiger partial charge in [0.25, 0.3) is 0 Å². The van der Waals surface area contributed by atoms with E-state index < -0.39 is 0 Å². The molecule has 5 rings (SSSR count). The number of ether oxygens (including phenoxy) is 1. The summed E-state index contributed by atoms with van der Waals surface area (Å²) in [5, 5.41) is 3.65. The maximum Gasteiger partial charge on any atom is 0.193 e. The fourth-order valence-electron chi connectivity index (χ4n) is 6.62. The summed E-state index contributed by atoms with van der Waals surface area (Å²) in [7, 11) is 4.08. The first-order valence-corrected chi connectivity index (χ1v) is 10.2. The van der Waals surface area contributed by atoms with E-state index in [-0.39, 0.29) is 0 Å². The van der Waals surface area contributed by atoms with Gasteiger partial charge in [-0.3, -0.25) is 4.99 Å². The van der Waals surface area contributed by atoms with E-state index in [1.165, 1.54) is 32.1 Å². The maximum absolute atomic E-state index is 5.50. The molecule has 0 aromatic heterocycles. The van der Waals surface area contributed by atoms with Crippen molar-refractivity contribution >= 4 is 5.96 Å². The van der Waals surface area contributed by atoms with Crippen molar-refractivity contribution in [3.8, 4) is 0 Å². The molecule has 0 aromatic rings. The van der Waals surface area contributed by atoms with E-state index in [0.717, 1.165) is 50.0 Å². The largest absolute Gasteiger partial charge is 0.381 e. The zero-order valence-electron chi connectivity index (χ0n) is 15.6. The lowest BCUT2D eigenvalue weighted by molar-refractivity contribution is -0.0563. The summed E-state index contributed by atoms with van der Waals surface area (Å²) in [6.07, 6.45) is 11.7. The average Bonchev–Trinajstić information content (AvgIpc) is 3.03. The third-order valence-electron chi connectivity index (χ3n) is 7.23. The summed E-state index contributed by atoms with van der Waals surface area (Å²) in [5.41, 5.74) is 0.665. The molecule has 1 atom stereocenters. The van der Waals surface area contributed by atoms with Crippen LogP contribution in [0.4, 0.5) is 0 Å². The second kappa shape index (κ2) is 6.86. The summed E-state index contributed by atoms with van der Waals surface area (Å²) < 4.78 is 5.50. The Morgan fingerprint density at radius 3 is 2.38 bits per heavy atom. The fraction of sp³-hybridized carbons (Fsp3) is 0.950. The summed E-state index contributed by atoms with van der Waals surface area (Å²) in [6.45, 7) is 3.98. The van der Waals surface area contributed by atoms with Gasteiger partial charge in [0.1, 0.15) is 0 Å². The van der Waals surface area contributed by atoms with E-state index in [1.807, 2.05) is 7.05 Å². The number of aliphatic imine (C=N–C) groups is 1. The lowest BCUT2D eigenvalue weighted by Crippen LogP contribution is -2.48. The quantitative estimate of drug-likeness (QED) is 0.620. The average molecular weight is 334 g/mol. The van der Waals surface area contributed by atoms with Crippen molar-refractivity contribution in [1.82, 2.24) is 10.2 Å². The number of nitrogens with one attached hydrogen (secondary N) is 1. The molecule has 4 nitrogen and oxygen atoms in total. The number of hydrogen-bond donors (Lipinski definition) is 1. The molecule has 4 bridgehead atoms. The van der Waals surface area contributed by atoms with Crippen LogP contribution in [0.1, 0.15) is 51.4 Å². The van der Waals surface area contributed by atoms with Crippen LogP contribution < -0.4 is 5.32 Å². The van der Waals surface area contributed by atoms with Gasteiger partial charge in [0.05, 0.1) is 6.61 Å². The SMILES string of the molecule is CN=C(NCCC12CC3CC(CC(C3)C1)C2)N(C)CC1CCOC1. The van der Waals surface area contributed by atoms with Crippen molar-refractivity contribution < 1.29 is 4.74 Å². The Balaban J connectivity index is 1.26. The van der Waals surface area contributed by atoms with Gasteiger partial charge in [-0.05, 0) is 74.5 Å². The van der Waals surface area contributed by atoms with Crippen molar-refractivity contribution in [2.24, 2.45) is 34.1 Å². The molecular formula is C20H35N3O. The predicted octanol–water partition coefficient (Wildman–Crippen LogP) is 3.14. The number of nitrogens with zero attached hydrogens (tertiary/aromatic N) is 2. The highest BCUT2D eigenvalue weighted by Gasteiger charge is 2.50. The molecule has 1 aliphatic heterocycles. The van der Waals surface area contributed by atoms with Gasteiger partial charge in [-0.1, -0.05) is 0 Å². The van der Waals surface area contributed by atoms with E-state index in [2.05, 4.69) is 22.3 Å². The fourth-order valence-corrected chi connectivity index (χ4v) is 6.62. The van der Waals surface area contributed by atoms with Gasteiger partial charge in [-0.15, -0.1) is 0 Å². The molecule has 24 heavy (non-hydrogen) atoms. The van der Waals surface area contributed by atoms with Crippen LogP contribution in [0.5, 0.6) is 0 Å². The summed E-state index contributed by atoms with van der Waals surface area (Å²) in [5.74, 6) is 4.89. The third-order valence-corrected chi connectivity index (χ3v) is 7.23. The smallest absolute Gasteiger partial charge is 0.193 e. The molecule has 0 amide bonds. The second-order valence-corrected chi connectivity index (χ2v) is 9.25. The van der Waals surface area contributed by atoms with Gasteiger partial charge < -0.3 is 15.0 Å². The Hall–Kier alpha value is -0.770. The van der Waals surface area contributed by atoms with Gasteiger partial charge in [0, 0.05) is 39.7 Å². The number of guanidine groups is 1. The van der Waals surface area contributed by atoms with Crippen molar-refractivity contribution in [3.63, 3.8) is 0 Å². The normalized spacial score (nSPS) is 41.0. The first kappa shape index (κ1) is 16.7. The molecule has 1 N–H and O–H groups in total. The predicted molar refractivity (Wildman–Crippen MR) is 98.1 cm³/mol. The Kier molecular flexibility index (Phi) is 4.77. The van der Waals surface area contributed by atoms with Crippen LogP contribution >= 0.6 is 0 Å². The standard InChI is InChI=1S/C20H35N3O/c1-21-19(23(2)13-15-3-6-24-14-15)22-5-4-20-10-16-7-17(11-20)9-18(8-16)12-20/h15-18H,3-14H2,1-2H3,(H,21,22). The molecular weight excluding hydrogens is 298 g/mol. The van der Waals surface area contributed by atoms with E-state index in [1.54, 1.807) is 19.3 Å². The number of hydrogen-bond acceptors (Lipinski definition) is 2. The van der Waals surface area contributed by atoms with E-state index in [9.17, 15) is 0 Å². The zero-order chi connectivity index (χ0) is 16.6. The lowest BCUT2D eigenvalue weighted by atomic mass is 9.49. The molecule has 4 heteroatoms. The Labute approximate surface area is 147 Å². The molecule has 5 fully saturated rings. The summed E-state index contributed by atoms with van der Waals surface area (Å²) in [6, 6.07) is 0. The third kappa shape index (κ3) is 3.44. The van der Waals surface area contributed by atoms with Crippen LogP contribution in [0, 0.1) is 29.1 Å². The van der Waals surface area contributed by atoms with Gasteiger partial charge in [-0.2, -0.15) is 0 Å². The van der Waals surface area contributed by atoms with Crippen molar-refractivity contribution in [3.05, 3.63) is 0 Å². The van der Waals surface area contributed by atoms with Crippen LogP contribution in [0.3, 0.4) is 0 Å². The summed E-state index contributed by atoms with van der Waals surface area (Å²) in [4.78, 5) is 6.80. The van der Waals surface area contributed by atoms with Crippen molar-refractivity contribution in [2.75, 3.05) is 40.4 Å². The van der Waals surface area contributed by atoms with Crippen LogP contribution in [-0.4, -0.2) is 51.3 Å². The van der Waals surface area contributed by atoms with Crippen LogP contribution in [-0.2, 0) is 4.74 Å². The highest BCUT2D eigenvalue weighted by molar-refractivity contribution is 5.79. The molecule has 1 unspecified atom stereocenters. The van der Waals surface area contributed by atoms with Crippen molar-refractivity contribution in [1.29, 1.82) is 0 Å². The Bertz CT molecular complexity index is 434. The van der Waals surface area contributed by atoms with E-state index >= 15 is 0 Å². The second-order valence-electron chi connectivity index (χ2n) is 9.25. The van der Waals surface area contributed by atoms with Gasteiger partial charge in [0.2, 0.25) is 0 Å². The van der Waals surface area contributed by atoms with Gasteiger partial charge >= 0.3 is 0 Å². The first-order chi connectivity index (χ1) is 11.7. The van der Waals surface area contributed by atoms with Crippen molar-refractivity contribution in [2.45, 2.75) is 51.4 Å². The van der Waals surface area contributed by atoms with E-state index in [4.69, 9.17) is 4.74 Å². The monoisotopic (exact) mass is 333 g/mol. The van der Waals surface area contributed by atoms with Gasteiger partial charge in [-0.25, -0.2) is 0 Å². The molecule has 4 aliphatic carbocycles. The lowest BCUT2D eigenvalue weighted by Gasteiger charge is -2.57.